The Morgan fingerprint density at radius 2 is 1.81 bits per heavy atom. The van der Waals surface area contributed by atoms with E-state index in [4.69, 9.17) is 5.73 Å². The number of likely N-dealkylation sites (tertiary alicyclic amines) is 2. The molecule has 2 fully saturated rings. The highest BCUT2D eigenvalue weighted by molar-refractivity contribution is 5.78. The highest BCUT2D eigenvalue weighted by Gasteiger charge is 2.28. The first-order valence-electron chi connectivity index (χ1n) is 8.03. The van der Waals surface area contributed by atoms with Crippen molar-refractivity contribution in [1.82, 2.24) is 9.80 Å². The molecule has 0 radical (unpaired) electrons. The van der Waals surface area contributed by atoms with Gasteiger partial charge in [-0.2, -0.15) is 0 Å². The van der Waals surface area contributed by atoms with E-state index in [2.05, 4.69) is 29.2 Å². The molecule has 4 nitrogen and oxygen atoms in total. The Labute approximate surface area is 126 Å². The van der Waals surface area contributed by atoms with E-state index in [0.29, 0.717) is 18.5 Å². The van der Waals surface area contributed by atoms with Gasteiger partial charge in [-0.25, -0.2) is 0 Å². The summed E-state index contributed by atoms with van der Waals surface area (Å²) in [4.78, 5) is 16.7. The Morgan fingerprint density at radius 1 is 1.10 bits per heavy atom. The summed E-state index contributed by atoms with van der Waals surface area (Å²) in [5, 5.41) is 0. The zero-order chi connectivity index (χ0) is 14.7. The molecule has 1 unspecified atom stereocenters. The summed E-state index contributed by atoms with van der Waals surface area (Å²) < 4.78 is 0. The van der Waals surface area contributed by atoms with Gasteiger partial charge in [0.05, 0.1) is 6.54 Å². The van der Waals surface area contributed by atoms with Crippen LogP contribution in [0.5, 0.6) is 0 Å². The second kappa shape index (κ2) is 6.58. The summed E-state index contributed by atoms with van der Waals surface area (Å²) in [6.45, 7) is 4.25. The van der Waals surface area contributed by atoms with Crippen molar-refractivity contribution in [3.05, 3.63) is 35.9 Å². The molecule has 2 heterocycles. The number of piperidine rings is 1. The van der Waals surface area contributed by atoms with Crippen LogP contribution in [0.25, 0.3) is 0 Å². The van der Waals surface area contributed by atoms with Gasteiger partial charge in [0.2, 0.25) is 5.91 Å². The van der Waals surface area contributed by atoms with Gasteiger partial charge in [-0.3, -0.25) is 9.69 Å². The van der Waals surface area contributed by atoms with Crippen molar-refractivity contribution in [3.63, 3.8) is 0 Å². The molecule has 2 saturated heterocycles. The minimum absolute atomic E-state index is 0.281. The Hall–Kier alpha value is -1.39. The number of carbonyl (C=O) groups is 1. The quantitative estimate of drug-likeness (QED) is 0.915. The number of hydrogen-bond donors (Lipinski definition) is 1. The number of hydrogen-bond acceptors (Lipinski definition) is 3. The van der Waals surface area contributed by atoms with Crippen LogP contribution in [0.2, 0.25) is 0 Å². The molecule has 1 aromatic carbocycles. The van der Waals surface area contributed by atoms with Crippen LogP contribution in [0, 0.1) is 0 Å². The summed E-state index contributed by atoms with van der Waals surface area (Å²) in [5.41, 5.74) is 7.27. The van der Waals surface area contributed by atoms with Gasteiger partial charge in [0.1, 0.15) is 0 Å². The summed E-state index contributed by atoms with van der Waals surface area (Å²) in [6.07, 6.45) is 3.11. The first-order chi connectivity index (χ1) is 10.2. The van der Waals surface area contributed by atoms with Crippen LogP contribution in [0.1, 0.15) is 30.7 Å². The Morgan fingerprint density at radius 3 is 2.52 bits per heavy atom. The molecule has 1 atom stereocenters. The molecular formula is C17H25N3O. The zero-order valence-electron chi connectivity index (χ0n) is 12.6. The molecule has 4 heteroatoms. The molecule has 3 rings (SSSR count). The molecule has 2 aliphatic rings. The van der Waals surface area contributed by atoms with Gasteiger partial charge in [-0.15, -0.1) is 0 Å². The number of nitrogens with zero attached hydrogens (tertiary/aromatic N) is 2. The SMILES string of the molecule is NC1CCN(CC(=O)N2CCC(c3ccccc3)C2)CC1. The molecule has 0 spiro atoms. The third-order valence-electron chi connectivity index (χ3n) is 4.80. The maximum absolute atomic E-state index is 12.4. The van der Waals surface area contributed by atoms with Crippen LogP contribution < -0.4 is 5.73 Å². The second-order valence-electron chi connectivity index (χ2n) is 6.35. The number of rotatable bonds is 3. The van der Waals surface area contributed by atoms with Crippen molar-refractivity contribution >= 4 is 5.91 Å². The molecule has 0 bridgehead atoms. The smallest absolute Gasteiger partial charge is 0.236 e. The third kappa shape index (κ3) is 3.63. The highest BCUT2D eigenvalue weighted by Crippen LogP contribution is 2.27. The van der Waals surface area contributed by atoms with Gasteiger partial charge in [0.25, 0.3) is 0 Å². The first-order valence-corrected chi connectivity index (χ1v) is 8.03. The molecule has 2 N–H and O–H groups in total. The minimum Gasteiger partial charge on any atom is -0.341 e. The lowest BCUT2D eigenvalue weighted by Crippen LogP contribution is -2.45. The van der Waals surface area contributed by atoms with E-state index in [9.17, 15) is 4.79 Å². The van der Waals surface area contributed by atoms with Crippen molar-refractivity contribution < 1.29 is 4.79 Å². The van der Waals surface area contributed by atoms with Crippen molar-refractivity contribution in [2.45, 2.75) is 31.2 Å². The average Bonchev–Trinajstić information content (AvgIpc) is 3.00. The molecule has 1 amide bonds. The normalized spacial score (nSPS) is 24.4. The molecule has 0 saturated carbocycles. The summed E-state index contributed by atoms with van der Waals surface area (Å²) in [6, 6.07) is 10.9. The van der Waals surface area contributed by atoms with Crippen LogP contribution >= 0.6 is 0 Å². The number of nitrogens with two attached hydrogens (primary N) is 1. The Bertz CT molecular complexity index is 468. The lowest BCUT2D eigenvalue weighted by molar-refractivity contribution is -0.131. The molecule has 2 aliphatic heterocycles. The maximum atomic E-state index is 12.4. The molecular weight excluding hydrogens is 262 g/mol. The van der Waals surface area contributed by atoms with Crippen molar-refractivity contribution in [2.75, 3.05) is 32.7 Å². The van der Waals surface area contributed by atoms with Crippen LogP contribution in [-0.2, 0) is 4.79 Å². The van der Waals surface area contributed by atoms with Crippen molar-refractivity contribution in [2.24, 2.45) is 5.73 Å². The van der Waals surface area contributed by atoms with Gasteiger partial charge >= 0.3 is 0 Å². The average molecular weight is 287 g/mol. The lowest BCUT2D eigenvalue weighted by atomic mass is 9.99. The molecule has 0 aliphatic carbocycles. The molecule has 114 valence electrons. The fourth-order valence-corrected chi connectivity index (χ4v) is 3.39. The van der Waals surface area contributed by atoms with E-state index in [-0.39, 0.29) is 5.91 Å². The third-order valence-corrected chi connectivity index (χ3v) is 4.80. The minimum atomic E-state index is 0.281. The first kappa shape index (κ1) is 14.5. The van der Waals surface area contributed by atoms with Crippen molar-refractivity contribution in [3.8, 4) is 0 Å². The van der Waals surface area contributed by atoms with Crippen molar-refractivity contribution in [1.29, 1.82) is 0 Å². The Kier molecular flexibility index (Phi) is 4.56. The maximum Gasteiger partial charge on any atom is 0.236 e. The Balaban J connectivity index is 1.50. The van der Waals surface area contributed by atoms with Gasteiger partial charge < -0.3 is 10.6 Å². The fraction of sp³-hybridized carbons (Fsp3) is 0.588. The van der Waals surface area contributed by atoms with E-state index in [1.807, 2.05) is 11.0 Å². The fourth-order valence-electron chi connectivity index (χ4n) is 3.39. The summed E-state index contributed by atoms with van der Waals surface area (Å²) in [5.74, 6) is 0.786. The molecule has 0 aromatic heterocycles. The number of amides is 1. The predicted molar refractivity (Wildman–Crippen MR) is 84.0 cm³/mol. The number of benzene rings is 1. The van der Waals surface area contributed by atoms with Crippen LogP contribution in [-0.4, -0.2) is 54.5 Å². The van der Waals surface area contributed by atoms with Gasteiger partial charge in [0, 0.05) is 38.1 Å². The van der Waals surface area contributed by atoms with E-state index < -0.39 is 0 Å². The van der Waals surface area contributed by atoms with Crippen LogP contribution in [0.15, 0.2) is 30.3 Å². The van der Waals surface area contributed by atoms with Gasteiger partial charge in [-0.1, -0.05) is 30.3 Å². The highest BCUT2D eigenvalue weighted by atomic mass is 16.2. The topological polar surface area (TPSA) is 49.6 Å². The van der Waals surface area contributed by atoms with Gasteiger partial charge in [-0.05, 0) is 24.8 Å². The van der Waals surface area contributed by atoms with Crippen LogP contribution in [0.4, 0.5) is 0 Å². The van der Waals surface area contributed by atoms with E-state index >= 15 is 0 Å². The molecule has 21 heavy (non-hydrogen) atoms. The van der Waals surface area contributed by atoms with E-state index in [1.54, 1.807) is 0 Å². The van der Waals surface area contributed by atoms with Gasteiger partial charge in [0.15, 0.2) is 0 Å². The lowest BCUT2D eigenvalue weighted by Gasteiger charge is -2.30. The second-order valence-corrected chi connectivity index (χ2v) is 6.35. The van der Waals surface area contributed by atoms with Crippen LogP contribution in [0.3, 0.4) is 0 Å². The largest absolute Gasteiger partial charge is 0.341 e. The van der Waals surface area contributed by atoms with E-state index in [1.165, 1.54) is 5.56 Å². The zero-order valence-corrected chi connectivity index (χ0v) is 12.6. The number of carbonyl (C=O) groups excluding carboxylic acids is 1. The molecule has 1 aromatic rings. The summed E-state index contributed by atoms with van der Waals surface area (Å²) in [7, 11) is 0. The predicted octanol–water partition coefficient (Wildman–Crippen LogP) is 1.43. The van der Waals surface area contributed by atoms with E-state index in [0.717, 1.165) is 45.4 Å². The standard InChI is InChI=1S/C17H25N3O/c18-16-7-9-19(10-8-16)13-17(21)20-11-6-15(12-20)14-4-2-1-3-5-14/h1-5,15-16H,6-13,18H2. The summed E-state index contributed by atoms with van der Waals surface area (Å²) >= 11 is 0. The monoisotopic (exact) mass is 287 g/mol.